The Kier molecular flexibility index (Phi) is 1.28. The minimum Gasteiger partial charge on any atom is -0.294 e. The van der Waals surface area contributed by atoms with Crippen LogP contribution in [-0.2, 0) is 0 Å². The van der Waals surface area contributed by atoms with E-state index in [-0.39, 0.29) is 0 Å². The van der Waals surface area contributed by atoms with E-state index in [1.807, 2.05) is 0 Å². The molecule has 0 aliphatic heterocycles. The first-order valence-electron chi connectivity index (χ1n) is 0.964. The van der Waals surface area contributed by atoms with Crippen LogP contribution in [0.3, 0.4) is 0 Å². The summed E-state index contributed by atoms with van der Waals surface area (Å²) in [5, 5.41) is 0. The van der Waals surface area contributed by atoms with Crippen LogP contribution >= 0.6 is 0 Å². The third-order valence-electron chi connectivity index (χ3n) is 0. The van der Waals surface area contributed by atoms with Crippen molar-refractivity contribution in [2.24, 2.45) is 0 Å². The van der Waals surface area contributed by atoms with Crippen LogP contribution in [0.5, 0.6) is 0 Å². The third kappa shape index (κ3) is 1130. The van der Waals surface area contributed by atoms with Crippen molar-refractivity contribution < 1.29 is 0 Å². The van der Waals surface area contributed by atoms with Crippen molar-refractivity contribution in [2.45, 2.75) is 0 Å². The summed E-state index contributed by atoms with van der Waals surface area (Å²) in [6.07, 6.45) is 0. The molecule has 0 saturated heterocycles. The molecule has 0 fully saturated rings. The van der Waals surface area contributed by atoms with Gasteiger partial charge in [-0.05, 0) is 7.05 Å². The lowest BCUT2D eigenvalue weighted by molar-refractivity contribution is 0.613. The van der Waals surface area contributed by atoms with E-state index in [1.54, 1.807) is 7.05 Å². The van der Waals surface area contributed by atoms with Gasteiger partial charge in [0.1, 0.15) is 0 Å². The molecule has 4 radical (unpaired) electrons. The Labute approximate surface area is 27.2 Å². The van der Waals surface area contributed by atoms with Crippen LogP contribution in [-0.4, -0.2) is 11.9 Å². The van der Waals surface area contributed by atoms with Crippen LogP contribution in [0.1, 0.15) is 0 Å². The van der Waals surface area contributed by atoms with Crippen molar-refractivity contribution in [1.82, 2.24) is 4.90 Å². The second kappa shape index (κ2) is 1.30. The Morgan fingerprint density at radius 1 is 1.50 bits per heavy atom. The summed E-state index contributed by atoms with van der Waals surface area (Å²) in [4.78, 5) is 1.00. The lowest BCUT2D eigenvalue weighted by atomic mass is 11.0. The zero-order valence-corrected chi connectivity index (χ0v) is 2.60. The van der Waals surface area contributed by atoms with Gasteiger partial charge in [0.05, 0.1) is 0 Å². The Balaban J connectivity index is 2.32. The highest BCUT2D eigenvalue weighted by atomic mass is 15.0. The first-order valence-corrected chi connectivity index (χ1v) is 0.964. The number of hydrogen-bond acceptors (Lipinski definition) is 1. The fourth-order valence-electron chi connectivity index (χ4n) is 0. The van der Waals surface area contributed by atoms with Crippen molar-refractivity contribution in [3.05, 3.63) is 14.1 Å². The van der Waals surface area contributed by atoms with Crippen LogP contribution in [0.25, 0.3) is 0 Å². The van der Waals surface area contributed by atoms with Gasteiger partial charge in [0, 0.05) is 14.1 Å². The molecule has 0 aliphatic carbocycles. The summed E-state index contributed by atoms with van der Waals surface area (Å²) in [6, 6.07) is 0. The molecule has 1 heteroatoms. The smallest absolute Gasteiger partial charge is 0.0440 e. The van der Waals surface area contributed by atoms with Crippen LogP contribution in [0.4, 0.5) is 0 Å². The molecule has 0 aromatic carbocycles. The van der Waals surface area contributed by atoms with Crippen LogP contribution in [0.15, 0.2) is 0 Å². The van der Waals surface area contributed by atoms with E-state index in [0.29, 0.717) is 0 Å². The predicted molar refractivity (Wildman–Crippen MR) is 16.4 cm³/mol. The predicted octanol–water partition coefficient (Wildman–Crippen LogP) is 0.255. The average Bonchev–Trinajstić information content (AvgIpc) is 0.811. The van der Waals surface area contributed by atoms with Gasteiger partial charge in [0.15, 0.2) is 0 Å². The fourth-order valence-corrected chi connectivity index (χ4v) is 0. The largest absolute Gasteiger partial charge is 0.294 e. The molecule has 0 spiro atoms. The maximum Gasteiger partial charge on any atom is 0.0440 e. The molecule has 0 aromatic heterocycles. The van der Waals surface area contributed by atoms with E-state index in [9.17, 15) is 0 Å². The molecule has 0 unspecified atom stereocenters. The second-order valence-electron chi connectivity index (χ2n) is 0.665. The van der Waals surface area contributed by atoms with Gasteiger partial charge in [0.25, 0.3) is 0 Å². The van der Waals surface area contributed by atoms with E-state index in [4.69, 9.17) is 14.1 Å². The monoisotopic (exact) mass is 55.0 g/mol. The van der Waals surface area contributed by atoms with Gasteiger partial charge in [-0.2, -0.15) is 0 Å². The highest BCUT2D eigenvalue weighted by Crippen LogP contribution is 1.58. The average molecular weight is 55.1 g/mol. The van der Waals surface area contributed by atoms with Gasteiger partial charge < -0.3 is 0 Å². The zero-order valence-electron chi connectivity index (χ0n) is 2.60. The molecule has 4 heavy (non-hydrogen) atoms. The Hall–Kier alpha value is -0.0400. The molecule has 0 amide bonds. The standard InChI is InChI=1S/C3H5N/c1-4(2)3/h1-2H,3H3. The van der Waals surface area contributed by atoms with Gasteiger partial charge >= 0.3 is 0 Å². The highest BCUT2D eigenvalue weighted by Gasteiger charge is 1.61. The number of nitrogens with zero attached hydrogens (tertiary/aromatic N) is 1. The van der Waals surface area contributed by atoms with Gasteiger partial charge in [0.2, 0.25) is 0 Å². The lowest BCUT2D eigenvalue weighted by Crippen LogP contribution is -1.91. The third-order valence-corrected chi connectivity index (χ3v) is 0. The molecular formula is C3H5N. The summed E-state index contributed by atoms with van der Waals surface area (Å²) >= 11 is 0. The normalized spacial score (nSPS) is 9.00. The van der Waals surface area contributed by atoms with Crippen molar-refractivity contribution in [3.63, 3.8) is 0 Å². The Morgan fingerprint density at radius 3 is 1.50 bits per heavy atom. The SMILES string of the molecule is [CH]N([CH])C. The maximum atomic E-state index is 4.72. The summed E-state index contributed by atoms with van der Waals surface area (Å²) in [5.74, 6) is 0. The molecular weight excluding hydrogens is 50.0 g/mol. The summed E-state index contributed by atoms with van der Waals surface area (Å²) in [5.41, 5.74) is 0. The second-order valence-corrected chi connectivity index (χ2v) is 0.665. The molecule has 0 N–H and O–H groups in total. The van der Waals surface area contributed by atoms with E-state index in [0.717, 1.165) is 4.90 Å². The van der Waals surface area contributed by atoms with Gasteiger partial charge in [-0.3, -0.25) is 4.90 Å². The lowest BCUT2D eigenvalue weighted by Gasteiger charge is -1.87. The quantitative estimate of drug-likeness (QED) is 0.359. The molecule has 0 atom stereocenters. The van der Waals surface area contributed by atoms with Crippen molar-refractivity contribution in [2.75, 3.05) is 7.05 Å². The van der Waals surface area contributed by atoms with Crippen molar-refractivity contribution in [3.8, 4) is 0 Å². The van der Waals surface area contributed by atoms with Crippen LogP contribution in [0, 0.1) is 14.1 Å². The molecule has 0 aromatic rings. The van der Waals surface area contributed by atoms with Crippen molar-refractivity contribution in [1.29, 1.82) is 0 Å². The Bertz CT molecular complexity index is 8.00. The molecule has 0 rings (SSSR count). The highest BCUT2D eigenvalue weighted by molar-refractivity contribution is 4.33. The van der Waals surface area contributed by atoms with Gasteiger partial charge in [-0.1, -0.05) is 0 Å². The van der Waals surface area contributed by atoms with Crippen LogP contribution in [0.2, 0.25) is 0 Å². The first kappa shape index (κ1) is 3.96. The number of hydrogen-bond donors (Lipinski definition) is 0. The van der Waals surface area contributed by atoms with E-state index in [1.165, 1.54) is 0 Å². The van der Waals surface area contributed by atoms with Crippen molar-refractivity contribution >= 4 is 0 Å². The molecule has 0 saturated carbocycles. The minimum atomic E-state index is 1.00. The fraction of sp³-hybridized carbons (Fsp3) is 0.333. The topological polar surface area (TPSA) is 3.24 Å². The Morgan fingerprint density at radius 2 is 1.50 bits per heavy atom. The molecule has 0 aliphatic rings. The molecule has 1 nitrogen and oxygen atoms in total. The van der Waals surface area contributed by atoms with E-state index in [2.05, 4.69) is 0 Å². The summed E-state index contributed by atoms with van der Waals surface area (Å²) in [6.45, 7) is 0. The maximum absolute atomic E-state index is 4.72. The van der Waals surface area contributed by atoms with E-state index < -0.39 is 0 Å². The number of rotatable bonds is 0. The van der Waals surface area contributed by atoms with Gasteiger partial charge in [-0.25, -0.2) is 0 Å². The van der Waals surface area contributed by atoms with Crippen LogP contribution < -0.4 is 0 Å². The zero-order chi connectivity index (χ0) is 3.58. The summed E-state index contributed by atoms with van der Waals surface area (Å²) < 4.78 is 0. The first-order chi connectivity index (χ1) is 1.73. The summed E-state index contributed by atoms with van der Waals surface area (Å²) in [7, 11) is 11.0. The van der Waals surface area contributed by atoms with E-state index >= 15 is 0 Å². The molecule has 0 heterocycles. The molecule has 0 bridgehead atoms. The molecule has 22 valence electrons. The van der Waals surface area contributed by atoms with Gasteiger partial charge in [-0.15, -0.1) is 0 Å². The minimum absolute atomic E-state index is 1.00.